The van der Waals surface area contributed by atoms with Crippen molar-refractivity contribution in [3.8, 4) is 11.5 Å². The van der Waals surface area contributed by atoms with Crippen LogP contribution in [0.2, 0.25) is 0 Å². The third-order valence-corrected chi connectivity index (χ3v) is 6.01. The van der Waals surface area contributed by atoms with E-state index in [9.17, 15) is 18.0 Å². The number of nitrogens with one attached hydrogen (secondary N) is 3. The van der Waals surface area contributed by atoms with E-state index < -0.39 is 27.9 Å². The van der Waals surface area contributed by atoms with Crippen LogP contribution in [0.4, 0.5) is 0 Å². The molecule has 2 amide bonds. The van der Waals surface area contributed by atoms with Crippen molar-refractivity contribution in [2.75, 3.05) is 13.2 Å². The summed E-state index contributed by atoms with van der Waals surface area (Å²) in [4.78, 5) is 24.3. The van der Waals surface area contributed by atoms with Gasteiger partial charge in [-0.3, -0.25) is 20.4 Å². The van der Waals surface area contributed by atoms with E-state index >= 15 is 0 Å². The zero-order chi connectivity index (χ0) is 21.7. The Balaban J connectivity index is 1.44. The van der Waals surface area contributed by atoms with Crippen molar-refractivity contribution < 1.29 is 27.5 Å². The molecule has 0 spiro atoms. The number of carbonyl (C=O) groups is 2. The Labute approximate surface area is 174 Å². The number of hydrogen-bond acceptors (Lipinski definition) is 6. The molecule has 0 bridgehead atoms. The van der Waals surface area contributed by atoms with Gasteiger partial charge in [0, 0.05) is 13.0 Å². The molecule has 2 aromatic rings. The largest absolute Gasteiger partial charge is 0.485 e. The monoisotopic (exact) mass is 433 g/mol. The second-order valence-corrected chi connectivity index (χ2v) is 8.55. The maximum atomic E-state index is 12.4. The van der Waals surface area contributed by atoms with Gasteiger partial charge < -0.3 is 9.47 Å². The number of rotatable bonds is 6. The van der Waals surface area contributed by atoms with Crippen LogP contribution in [0.3, 0.4) is 0 Å². The number of para-hydroxylation sites is 2. The van der Waals surface area contributed by atoms with Crippen LogP contribution in [0, 0.1) is 13.8 Å². The molecule has 0 radical (unpaired) electrons. The van der Waals surface area contributed by atoms with Crippen molar-refractivity contribution in [1.82, 2.24) is 15.6 Å². The van der Waals surface area contributed by atoms with Crippen molar-refractivity contribution >= 4 is 21.8 Å². The topological polar surface area (TPSA) is 123 Å². The van der Waals surface area contributed by atoms with Gasteiger partial charge in [0.25, 0.3) is 5.91 Å². The maximum Gasteiger partial charge on any atom is 0.283 e. The van der Waals surface area contributed by atoms with Gasteiger partial charge in [-0.1, -0.05) is 24.3 Å². The van der Waals surface area contributed by atoms with E-state index in [0.29, 0.717) is 17.1 Å². The third kappa shape index (κ3) is 5.28. The van der Waals surface area contributed by atoms with Crippen LogP contribution in [-0.4, -0.2) is 39.5 Å². The predicted octanol–water partition coefficient (Wildman–Crippen LogP) is 0.959. The molecule has 160 valence electrons. The fourth-order valence-corrected chi connectivity index (χ4v) is 4.16. The lowest BCUT2D eigenvalue weighted by Crippen LogP contribution is -2.51. The van der Waals surface area contributed by atoms with Crippen LogP contribution in [-0.2, 0) is 19.6 Å². The first kappa shape index (κ1) is 21.6. The Morgan fingerprint density at radius 1 is 1.07 bits per heavy atom. The van der Waals surface area contributed by atoms with Crippen LogP contribution in [0.5, 0.6) is 11.5 Å². The number of amides is 2. The number of hydrazine groups is 1. The first-order valence-corrected chi connectivity index (χ1v) is 10.8. The highest BCUT2D eigenvalue weighted by molar-refractivity contribution is 7.89. The first-order chi connectivity index (χ1) is 14.3. The Morgan fingerprint density at radius 2 is 1.80 bits per heavy atom. The molecule has 0 aliphatic carbocycles. The second kappa shape index (κ2) is 9.14. The highest BCUT2D eigenvalue weighted by Crippen LogP contribution is 2.30. The predicted molar refractivity (Wildman–Crippen MR) is 108 cm³/mol. The summed E-state index contributed by atoms with van der Waals surface area (Å²) in [6, 6.07) is 12.1. The second-order valence-electron chi connectivity index (χ2n) is 6.82. The molecule has 0 saturated heterocycles. The summed E-state index contributed by atoms with van der Waals surface area (Å²) in [5, 5.41) is 0. The fourth-order valence-electron chi connectivity index (χ4n) is 2.80. The van der Waals surface area contributed by atoms with Crippen LogP contribution in [0.25, 0.3) is 0 Å². The van der Waals surface area contributed by atoms with Gasteiger partial charge in [-0.15, -0.1) is 0 Å². The zero-order valence-corrected chi connectivity index (χ0v) is 17.4. The zero-order valence-electron chi connectivity index (χ0n) is 16.6. The molecular weight excluding hydrogens is 410 g/mol. The van der Waals surface area contributed by atoms with Gasteiger partial charge in [0.15, 0.2) is 11.5 Å². The number of aryl methyl sites for hydroxylation is 2. The van der Waals surface area contributed by atoms with E-state index in [0.717, 1.165) is 5.56 Å². The van der Waals surface area contributed by atoms with E-state index in [4.69, 9.17) is 9.47 Å². The van der Waals surface area contributed by atoms with Gasteiger partial charge in [0.1, 0.15) is 6.61 Å². The Morgan fingerprint density at radius 3 is 2.57 bits per heavy atom. The van der Waals surface area contributed by atoms with Crippen molar-refractivity contribution in [1.29, 1.82) is 0 Å². The van der Waals surface area contributed by atoms with Gasteiger partial charge in [-0.05, 0) is 43.2 Å². The van der Waals surface area contributed by atoms with Crippen molar-refractivity contribution in [2.24, 2.45) is 0 Å². The molecule has 1 unspecified atom stereocenters. The van der Waals surface area contributed by atoms with Gasteiger partial charge in [-0.2, -0.15) is 0 Å². The van der Waals surface area contributed by atoms with E-state index in [1.165, 1.54) is 0 Å². The SMILES string of the molecule is Cc1ccc(C)c(S(=O)(=O)NCCC(=O)NNC(=O)C2COc3ccccc3O2)c1. The summed E-state index contributed by atoms with van der Waals surface area (Å²) < 4.78 is 38.2. The molecule has 1 heterocycles. The first-order valence-electron chi connectivity index (χ1n) is 9.30. The summed E-state index contributed by atoms with van der Waals surface area (Å²) in [6.45, 7) is 3.39. The van der Waals surface area contributed by atoms with Gasteiger partial charge in [0.05, 0.1) is 4.90 Å². The molecule has 0 saturated carbocycles. The molecule has 1 aliphatic rings. The van der Waals surface area contributed by atoms with Crippen LogP contribution in [0.15, 0.2) is 47.4 Å². The average Bonchev–Trinajstić information content (AvgIpc) is 2.73. The fraction of sp³-hybridized carbons (Fsp3) is 0.300. The minimum absolute atomic E-state index is 0.00829. The molecule has 30 heavy (non-hydrogen) atoms. The lowest BCUT2D eigenvalue weighted by atomic mass is 10.2. The van der Waals surface area contributed by atoms with E-state index in [-0.39, 0.29) is 24.5 Å². The standard InChI is InChI=1S/C20H23N3O6S/c1-13-7-8-14(2)18(11-13)30(26,27)21-10-9-19(24)22-23-20(25)17-12-28-15-5-3-4-6-16(15)29-17/h3-8,11,17,21H,9-10,12H2,1-2H3,(H,22,24)(H,23,25). The van der Waals surface area contributed by atoms with E-state index in [2.05, 4.69) is 15.6 Å². The van der Waals surface area contributed by atoms with E-state index in [1.54, 1.807) is 50.2 Å². The molecule has 1 atom stereocenters. The minimum Gasteiger partial charge on any atom is -0.485 e. The quantitative estimate of drug-likeness (QED) is 0.583. The average molecular weight is 433 g/mol. The smallest absolute Gasteiger partial charge is 0.283 e. The number of benzene rings is 2. The van der Waals surface area contributed by atoms with Crippen molar-refractivity contribution in [2.45, 2.75) is 31.3 Å². The van der Waals surface area contributed by atoms with Crippen LogP contribution < -0.4 is 25.0 Å². The highest BCUT2D eigenvalue weighted by atomic mass is 32.2. The Hall–Kier alpha value is -3.11. The number of hydrogen-bond donors (Lipinski definition) is 3. The summed E-state index contributed by atoms with van der Waals surface area (Å²) in [7, 11) is -3.74. The number of carbonyl (C=O) groups excluding carboxylic acids is 2. The minimum atomic E-state index is -3.74. The third-order valence-electron chi connectivity index (χ3n) is 4.40. The molecule has 9 nitrogen and oxygen atoms in total. The molecule has 3 rings (SSSR count). The summed E-state index contributed by atoms with van der Waals surface area (Å²) >= 11 is 0. The van der Waals surface area contributed by atoms with E-state index in [1.807, 2.05) is 6.07 Å². The summed E-state index contributed by atoms with van der Waals surface area (Å²) in [5.41, 5.74) is 5.93. The summed E-state index contributed by atoms with van der Waals surface area (Å²) in [5.74, 6) is -0.143. The number of sulfonamides is 1. The lowest BCUT2D eigenvalue weighted by Gasteiger charge is -2.25. The normalized spacial score (nSPS) is 15.3. The molecule has 0 fully saturated rings. The molecule has 2 aromatic carbocycles. The van der Waals surface area contributed by atoms with Crippen molar-refractivity contribution in [3.05, 3.63) is 53.6 Å². The highest BCUT2D eigenvalue weighted by Gasteiger charge is 2.27. The molecule has 0 aromatic heterocycles. The summed E-state index contributed by atoms with van der Waals surface area (Å²) in [6.07, 6.45) is -1.07. The van der Waals surface area contributed by atoms with Crippen LogP contribution in [0.1, 0.15) is 17.5 Å². The Bertz CT molecular complexity index is 1050. The maximum absolute atomic E-state index is 12.4. The lowest BCUT2D eigenvalue weighted by molar-refractivity contribution is -0.135. The molecule has 3 N–H and O–H groups in total. The van der Waals surface area contributed by atoms with Crippen LogP contribution >= 0.6 is 0 Å². The van der Waals surface area contributed by atoms with Gasteiger partial charge in [-0.25, -0.2) is 13.1 Å². The molecule has 1 aliphatic heterocycles. The van der Waals surface area contributed by atoms with Gasteiger partial charge >= 0.3 is 0 Å². The molecular formula is C20H23N3O6S. The van der Waals surface area contributed by atoms with Gasteiger partial charge in [0.2, 0.25) is 22.0 Å². The number of fused-ring (bicyclic) bond motifs is 1. The number of ether oxygens (including phenoxy) is 2. The van der Waals surface area contributed by atoms with Crippen molar-refractivity contribution in [3.63, 3.8) is 0 Å². The Kier molecular flexibility index (Phi) is 6.58. The molecule has 10 heteroatoms.